The third kappa shape index (κ3) is 7.34. The molecule has 5 unspecified atom stereocenters. The number of ketones is 1. The van der Waals surface area contributed by atoms with Crippen LogP contribution in [0.15, 0.2) is 23.2 Å². The van der Waals surface area contributed by atoms with Gasteiger partial charge in [-0.25, -0.2) is 0 Å². The van der Waals surface area contributed by atoms with Gasteiger partial charge in [-0.2, -0.15) is 0 Å². The molecule has 2 aliphatic heterocycles. The normalized spacial score (nSPS) is 32.2. The number of unbranched alkanes of at least 4 members (excludes halogenated alkanes) is 3. The average molecular weight is 475 g/mol. The molecule has 2 heterocycles. The summed E-state index contributed by atoms with van der Waals surface area (Å²) in [4.78, 5) is 12.3. The molecule has 0 aromatic carbocycles. The van der Waals surface area contributed by atoms with Crippen LogP contribution in [0.5, 0.6) is 0 Å². The van der Waals surface area contributed by atoms with Crippen molar-refractivity contribution in [3.05, 3.63) is 23.2 Å². The zero-order valence-corrected chi connectivity index (χ0v) is 21.5. The van der Waals surface area contributed by atoms with Crippen molar-refractivity contribution < 1.29 is 23.7 Å². The summed E-state index contributed by atoms with van der Waals surface area (Å²) in [6.45, 7) is 5.86. The summed E-state index contributed by atoms with van der Waals surface area (Å²) in [6, 6.07) is 0. The van der Waals surface area contributed by atoms with Crippen molar-refractivity contribution in [3.8, 4) is 0 Å². The Morgan fingerprint density at radius 3 is 2.29 bits per heavy atom. The number of Topliss-reactive ketones (excluding diaryl/α,β-unsaturated/α-hetero) is 1. The summed E-state index contributed by atoms with van der Waals surface area (Å²) in [6.07, 6.45) is 17.4. The molecule has 5 atom stereocenters. The van der Waals surface area contributed by atoms with Crippen LogP contribution in [0.4, 0.5) is 0 Å². The van der Waals surface area contributed by atoms with E-state index in [9.17, 15) is 4.79 Å². The van der Waals surface area contributed by atoms with Crippen LogP contribution in [-0.4, -0.2) is 31.6 Å². The van der Waals surface area contributed by atoms with Crippen molar-refractivity contribution in [2.24, 2.45) is 17.8 Å². The van der Waals surface area contributed by atoms with E-state index in [2.05, 4.69) is 19.9 Å². The van der Waals surface area contributed by atoms with Gasteiger partial charge in [0, 0.05) is 38.0 Å². The maximum absolute atomic E-state index is 12.3. The van der Waals surface area contributed by atoms with Crippen LogP contribution in [0.1, 0.15) is 110 Å². The van der Waals surface area contributed by atoms with Gasteiger partial charge in [0.15, 0.2) is 12.6 Å². The highest BCUT2D eigenvalue weighted by Crippen LogP contribution is 2.50. The smallest absolute Gasteiger partial charge is 0.199 e. The number of ether oxygens (including phenoxy) is 4. The van der Waals surface area contributed by atoms with Gasteiger partial charge in [-0.3, -0.25) is 4.79 Å². The highest BCUT2D eigenvalue weighted by molar-refractivity contribution is 5.81. The van der Waals surface area contributed by atoms with E-state index in [0.29, 0.717) is 24.0 Å². The lowest BCUT2D eigenvalue weighted by Gasteiger charge is -2.32. The topological polar surface area (TPSA) is 54.0 Å². The number of carbonyl (C=O) groups is 1. The molecule has 34 heavy (non-hydrogen) atoms. The molecule has 5 heteroatoms. The van der Waals surface area contributed by atoms with E-state index in [1.54, 1.807) is 0 Å². The Bertz CT molecular complexity index is 710. The summed E-state index contributed by atoms with van der Waals surface area (Å²) in [5.41, 5.74) is 1.39. The maximum atomic E-state index is 12.3. The van der Waals surface area contributed by atoms with Crippen molar-refractivity contribution in [2.75, 3.05) is 13.2 Å². The van der Waals surface area contributed by atoms with Crippen LogP contribution >= 0.6 is 0 Å². The standard InChI is InChI=1S/C29H46O5/c1-21(2)11-5-3-4-6-12-26(33-27-13-7-9-17-31-27)29(34-28-14-8-10-18-32-28)24-16-15-22-19-23(30)20-25(22)24/h11,22,24-25,27-28H,3-10,12-20H2,1-2H3. The van der Waals surface area contributed by atoms with Crippen LogP contribution in [0.3, 0.4) is 0 Å². The summed E-state index contributed by atoms with van der Waals surface area (Å²) in [5, 5.41) is 0. The van der Waals surface area contributed by atoms with Crippen LogP contribution in [-0.2, 0) is 23.7 Å². The molecule has 2 saturated carbocycles. The fourth-order valence-electron chi connectivity index (χ4n) is 6.18. The molecule has 0 N–H and O–H groups in total. The van der Waals surface area contributed by atoms with E-state index in [0.717, 1.165) is 102 Å². The van der Waals surface area contributed by atoms with Gasteiger partial charge in [0.1, 0.15) is 17.3 Å². The molecule has 4 aliphatic rings. The predicted octanol–water partition coefficient (Wildman–Crippen LogP) is 7.21. The van der Waals surface area contributed by atoms with Crippen LogP contribution < -0.4 is 0 Å². The third-order valence-electron chi connectivity index (χ3n) is 8.00. The van der Waals surface area contributed by atoms with Crippen molar-refractivity contribution in [1.82, 2.24) is 0 Å². The summed E-state index contributed by atoms with van der Waals surface area (Å²) in [7, 11) is 0. The average Bonchev–Trinajstić information content (AvgIpc) is 3.39. The van der Waals surface area contributed by atoms with Gasteiger partial charge in [0.2, 0.25) is 0 Å². The van der Waals surface area contributed by atoms with Crippen molar-refractivity contribution in [1.29, 1.82) is 0 Å². The van der Waals surface area contributed by atoms with Gasteiger partial charge >= 0.3 is 0 Å². The van der Waals surface area contributed by atoms with Crippen LogP contribution in [0, 0.1) is 17.8 Å². The Hall–Kier alpha value is -1.33. The Balaban J connectivity index is 1.52. The lowest BCUT2D eigenvalue weighted by Crippen LogP contribution is -2.28. The number of fused-ring (bicyclic) bond motifs is 1. The first-order chi connectivity index (χ1) is 16.6. The molecule has 0 radical (unpaired) electrons. The number of allylic oxidation sites excluding steroid dienone is 4. The molecule has 0 aromatic heterocycles. The lowest BCUT2D eigenvalue weighted by atomic mass is 9.89. The van der Waals surface area contributed by atoms with Gasteiger partial charge in [0.05, 0.1) is 13.2 Å². The molecule has 4 fully saturated rings. The van der Waals surface area contributed by atoms with E-state index in [1.807, 2.05) is 0 Å². The third-order valence-corrected chi connectivity index (χ3v) is 8.00. The quantitative estimate of drug-likeness (QED) is 0.180. The second kappa shape index (κ2) is 13.1. The Morgan fingerprint density at radius 1 is 0.882 bits per heavy atom. The Kier molecular flexibility index (Phi) is 9.93. The fourth-order valence-corrected chi connectivity index (χ4v) is 6.18. The van der Waals surface area contributed by atoms with Gasteiger partial charge in [-0.15, -0.1) is 0 Å². The molecule has 192 valence electrons. The van der Waals surface area contributed by atoms with Gasteiger partial charge < -0.3 is 18.9 Å². The minimum Gasteiger partial charge on any atom is -0.466 e. The van der Waals surface area contributed by atoms with Crippen LogP contribution in [0.2, 0.25) is 0 Å². The highest BCUT2D eigenvalue weighted by atomic mass is 16.7. The monoisotopic (exact) mass is 474 g/mol. The first-order valence-electron chi connectivity index (χ1n) is 14.0. The van der Waals surface area contributed by atoms with Crippen LogP contribution in [0.25, 0.3) is 0 Å². The first-order valence-corrected chi connectivity index (χ1v) is 14.0. The fraction of sp³-hybridized carbons (Fsp3) is 0.828. The SMILES string of the molecule is CC(C)=CCCCCCC(OC1CCCCO1)=C(OC1CCCCO1)C1CCC2CC(=O)CC21. The molecule has 2 saturated heterocycles. The maximum Gasteiger partial charge on any atom is 0.199 e. The Labute approximate surface area is 206 Å². The number of hydrogen-bond donors (Lipinski definition) is 0. The van der Waals surface area contributed by atoms with Crippen molar-refractivity contribution in [2.45, 2.75) is 123 Å². The zero-order chi connectivity index (χ0) is 23.8. The van der Waals surface area contributed by atoms with Gasteiger partial charge in [-0.05, 0) is 83.5 Å². The summed E-state index contributed by atoms with van der Waals surface area (Å²) < 4.78 is 25.3. The second-order valence-electron chi connectivity index (χ2n) is 11.1. The minimum atomic E-state index is -0.191. The molecular weight excluding hydrogens is 428 g/mol. The van der Waals surface area contributed by atoms with E-state index in [-0.39, 0.29) is 18.5 Å². The minimum absolute atomic E-state index is 0.178. The molecule has 0 amide bonds. The predicted molar refractivity (Wildman–Crippen MR) is 133 cm³/mol. The molecule has 5 nitrogen and oxygen atoms in total. The van der Waals surface area contributed by atoms with E-state index in [4.69, 9.17) is 18.9 Å². The van der Waals surface area contributed by atoms with Gasteiger partial charge in [0.25, 0.3) is 0 Å². The van der Waals surface area contributed by atoms with E-state index >= 15 is 0 Å². The van der Waals surface area contributed by atoms with Gasteiger partial charge in [-0.1, -0.05) is 18.1 Å². The first kappa shape index (κ1) is 25.8. The van der Waals surface area contributed by atoms with E-state index < -0.39 is 0 Å². The number of hydrogen-bond acceptors (Lipinski definition) is 5. The highest BCUT2D eigenvalue weighted by Gasteiger charge is 2.46. The van der Waals surface area contributed by atoms with E-state index in [1.165, 1.54) is 18.4 Å². The van der Waals surface area contributed by atoms with Crippen molar-refractivity contribution >= 4 is 5.78 Å². The Morgan fingerprint density at radius 2 is 1.62 bits per heavy atom. The zero-order valence-electron chi connectivity index (χ0n) is 21.5. The lowest BCUT2D eigenvalue weighted by molar-refractivity contribution is -0.164. The molecule has 0 aromatic rings. The number of rotatable bonds is 11. The molecular formula is C29H46O5. The largest absolute Gasteiger partial charge is 0.466 e. The number of carbonyl (C=O) groups excluding carboxylic acids is 1. The second-order valence-corrected chi connectivity index (χ2v) is 11.1. The summed E-state index contributed by atoms with van der Waals surface area (Å²) in [5.74, 6) is 3.58. The molecule has 0 bridgehead atoms. The van der Waals surface area contributed by atoms with Crippen molar-refractivity contribution in [3.63, 3.8) is 0 Å². The molecule has 4 rings (SSSR count). The molecule has 0 spiro atoms. The molecule has 2 aliphatic carbocycles. The summed E-state index contributed by atoms with van der Waals surface area (Å²) >= 11 is 0.